The van der Waals surface area contributed by atoms with E-state index in [9.17, 15) is 8.42 Å². The lowest BCUT2D eigenvalue weighted by molar-refractivity contribution is 0.602. The molecule has 20 heavy (non-hydrogen) atoms. The third-order valence-corrected chi connectivity index (χ3v) is 4.92. The van der Waals surface area contributed by atoms with E-state index in [0.717, 1.165) is 18.7 Å². The number of nitrogens with one attached hydrogen (secondary N) is 1. The molecular formula is C16H17NO2S. The van der Waals surface area contributed by atoms with Gasteiger partial charge in [0, 0.05) is 24.4 Å². The van der Waals surface area contributed by atoms with Crippen molar-refractivity contribution in [3.63, 3.8) is 0 Å². The highest BCUT2D eigenvalue weighted by Gasteiger charge is 2.24. The Hall–Kier alpha value is -1.81. The van der Waals surface area contributed by atoms with Crippen LogP contribution in [0, 0.1) is 0 Å². The molecule has 0 aliphatic heterocycles. The average molecular weight is 287 g/mol. The summed E-state index contributed by atoms with van der Waals surface area (Å²) in [6.07, 6.45) is 2.34. The van der Waals surface area contributed by atoms with Gasteiger partial charge in [-0.05, 0) is 41.8 Å². The van der Waals surface area contributed by atoms with Crippen molar-refractivity contribution in [3.8, 4) is 0 Å². The van der Waals surface area contributed by atoms with Crippen LogP contribution in [0.15, 0.2) is 53.4 Å². The maximum atomic E-state index is 11.4. The van der Waals surface area contributed by atoms with Crippen molar-refractivity contribution in [1.82, 2.24) is 0 Å². The molecule has 0 bridgehead atoms. The maximum absolute atomic E-state index is 11.4. The smallest absolute Gasteiger partial charge is 0.175 e. The maximum Gasteiger partial charge on any atom is 0.175 e. The molecule has 0 saturated carbocycles. The zero-order valence-electron chi connectivity index (χ0n) is 11.3. The summed E-state index contributed by atoms with van der Waals surface area (Å²) in [6.45, 7) is 0.884. The van der Waals surface area contributed by atoms with Crippen molar-refractivity contribution < 1.29 is 8.42 Å². The molecule has 1 aliphatic carbocycles. The first-order chi connectivity index (χ1) is 9.54. The lowest BCUT2D eigenvalue weighted by Gasteiger charge is -2.30. The second-order valence-corrected chi connectivity index (χ2v) is 7.29. The number of fused-ring (bicyclic) bond motifs is 1. The molecule has 0 aromatic heterocycles. The predicted molar refractivity (Wildman–Crippen MR) is 80.9 cm³/mol. The quantitative estimate of drug-likeness (QED) is 0.940. The number of benzene rings is 2. The zero-order chi connectivity index (χ0) is 14.2. The lowest BCUT2D eigenvalue weighted by atomic mass is 9.77. The van der Waals surface area contributed by atoms with E-state index in [1.165, 1.54) is 17.4 Å². The summed E-state index contributed by atoms with van der Waals surface area (Å²) < 4.78 is 22.8. The van der Waals surface area contributed by atoms with Gasteiger partial charge in [0.25, 0.3) is 0 Å². The normalized spacial score (nSPS) is 17.1. The molecule has 2 aromatic carbocycles. The standard InChI is InChI=1S/C16H17NO2S/c1-20(18,19)15-8-6-14(7-9-15)17-11-13-10-12-4-2-3-5-16(12)13/h2-9,13,17H,10-11H2,1H3. The van der Waals surface area contributed by atoms with Crippen molar-refractivity contribution in [1.29, 1.82) is 0 Å². The summed E-state index contributed by atoms with van der Waals surface area (Å²) in [5, 5.41) is 3.37. The molecular weight excluding hydrogens is 270 g/mol. The fourth-order valence-corrected chi connectivity index (χ4v) is 3.24. The van der Waals surface area contributed by atoms with E-state index in [-0.39, 0.29) is 0 Å². The zero-order valence-corrected chi connectivity index (χ0v) is 12.2. The van der Waals surface area contributed by atoms with Gasteiger partial charge in [0.1, 0.15) is 0 Å². The Morgan fingerprint density at radius 3 is 2.45 bits per heavy atom. The van der Waals surface area contributed by atoms with Crippen LogP contribution in [-0.2, 0) is 16.3 Å². The van der Waals surface area contributed by atoms with Gasteiger partial charge < -0.3 is 5.32 Å². The molecule has 104 valence electrons. The largest absolute Gasteiger partial charge is 0.384 e. The van der Waals surface area contributed by atoms with Gasteiger partial charge >= 0.3 is 0 Å². The van der Waals surface area contributed by atoms with Gasteiger partial charge in [-0.1, -0.05) is 24.3 Å². The fraction of sp³-hybridized carbons (Fsp3) is 0.250. The number of rotatable bonds is 4. The third-order valence-electron chi connectivity index (χ3n) is 3.80. The molecule has 0 amide bonds. The van der Waals surface area contributed by atoms with Gasteiger partial charge in [-0.15, -0.1) is 0 Å². The van der Waals surface area contributed by atoms with Crippen molar-refractivity contribution in [2.75, 3.05) is 18.1 Å². The highest BCUT2D eigenvalue weighted by Crippen LogP contribution is 2.34. The van der Waals surface area contributed by atoms with Crippen LogP contribution in [0.1, 0.15) is 17.0 Å². The third kappa shape index (κ3) is 2.56. The Bertz CT molecular complexity index is 720. The molecule has 4 heteroatoms. The summed E-state index contributed by atoms with van der Waals surface area (Å²) in [5.41, 5.74) is 3.82. The molecule has 3 nitrogen and oxygen atoms in total. The van der Waals surface area contributed by atoms with Crippen molar-refractivity contribution >= 4 is 15.5 Å². The molecule has 1 atom stereocenters. The first-order valence-electron chi connectivity index (χ1n) is 6.66. The van der Waals surface area contributed by atoms with Crippen molar-refractivity contribution in [2.45, 2.75) is 17.2 Å². The number of sulfone groups is 1. The first kappa shape index (κ1) is 13.2. The van der Waals surface area contributed by atoms with E-state index in [4.69, 9.17) is 0 Å². The lowest BCUT2D eigenvalue weighted by Crippen LogP contribution is -2.24. The Balaban J connectivity index is 1.63. The van der Waals surface area contributed by atoms with Crippen LogP contribution in [0.2, 0.25) is 0 Å². The predicted octanol–water partition coefficient (Wildman–Crippen LogP) is 2.84. The van der Waals surface area contributed by atoms with Gasteiger partial charge in [0.05, 0.1) is 4.90 Å². The van der Waals surface area contributed by atoms with E-state index in [1.54, 1.807) is 12.1 Å². The topological polar surface area (TPSA) is 46.2 Å². The van der Waals surface area contributed by atoms with Crippen LogP contribution >= 0.6 is 0 Å². The molecule has 0 heterocycles. The summed E-state index contributed by atoms with van der Waals surface area (Å²) in [4.78, 5) is 0.358. The minimum atomic E-state index is -3.11. The van der Waals surface area contributed by atoms with E-state index in [1.807, 2.05) is 12.1 Å². The Morgan fingerprint density at radius 2 is 1.80 bits per heavy atom. The highest BCUT2D eigenvalue weighted by atomic mass is 32.2. The Morgan fingerprint density at radius 1 is 1.10 bits per heavy atom. The van der Waals surface area contributed by atoms with E-state index in [2.05, 4.69) is 29.6 Å². The molecule has 0 saturated heterocycles. The average Bonchev–Trinajstić information content (AvgIpc) is 2.39. The monoisotopic (exact) mass is 287 g/mol. The SMILES string of the molecule is CS(=O)(=O)c1ccc(NCC2Cc3ccccc32)cc1. The summed E-state index contributed by atoms with van der Waals surface area (Å²) in [7, 11) is -3.11. The number of anilines is 1. The molecule has 0 fully saturated rings. The van der Waals surface area contributed by atoms with Crippen LogP contribution in [0.5, 0.6) is 0 Å². The molecule has 1 unspecified atom stereocenters. The van der Waals surface area contributed by atoms with Gasteiger partial charge in [0.2, 0.25) is 0 Å². The van der Waals surface area contributed by atoms with E-state index in [0.29, 0.717) is 10.8 Å². The molecule has 1 N–H and O–H groups in total. The Labute approximate surface area is 119 Å². The van der Waals surface area contributed by atoms with E-state index < -0.39 is 9.84 Å². The molecule has 3 rings (SSSR count). The fourth-order valence-electron chi connectivity index (χ4n) is 2.61. The van der Waals surface area contributed by atoms with Crippen molar-refractivity contribution in [3.05, 3.63) is 59.7 Å². The first-order valence-corrected chi connectivity index (χ1v) is 8.55. The van der Waals surface area contributed by atoms with Crippen LogP contribution in [-0.4, -0.2) is 21.2 Å². The van der Waals surface area contributed by atoms with Gasteiger partial charge in [-0.3, -0.25) is 0 Å². The van der Waals surface area contributed by atoms with Crippen molar-refractivity contribution in [2.24, 2.45) is 0 Å². The van der Waals surface area contributed by atoms with Crippen LogP contribution < -0.4 is 5.32 Å². The summed E-state index contributed by atoms with van der Waals surface area (Å²) in [5.74, 6) is 0.556. The summed E-state index contributed by atoms with van der Waals surface area (Å²) in [6, 6.07) is 15.4. The minimum Gasteiger partial charge on any atom is -0.384 e. The van der Waals surface area contributed by atoms with Gasteiger partial charge in [0.15, 0.2) is 9.84 Å². The van der Waals surface area contributed by atoms with Gasteiger partial charge in [-0.2, -0.15) is 0 Å². The number of hydrogen-bond acceptors (Lipinski definition) is 3. The van der Waals surface area contributed by atoms with E-state index >= 15 is 0 Å². The molecule has 1 aliphatic rings. The van der Waals surface area contributed by atoms with Gasteiger partial charge in [-0.25, -0.2) is 8.42 Å². The second kappa shape index (κ2) is 4.94. The second-order valence-electron chi connectivity index (χ2n) is 5.28. The highest BCUT2D eigenvalue weighted by molar-refractivity contribution is 7.90. The van der Waals surface area contributed by atoms with Crippen LogP contribution in [0.3, 0.4) is 0 Å². The molecule has 0 radical (unpaired) electrons. The molecule has 0 spiro atoms. The Kier molecular flexibility index (Phi) is 3.26. The van der Waals surface area contributed by atoms with Crippen LogP contribution in [0.25, 0.3) is 0 Å². The summed E-state index contributed by atoms with van der Waals surface area (Å²) >= 11 is 0. The van der Waals surface area contributed by atoms with Crippen LogP contribution in [0.4, 0.5) is 5.69 Å². The minimum absolute atomic E-state index is 0.358. The number of hydrogen-bond donors (Lipinski definition) is 1. The molecule has 2 aromatic rings.